The van der Waals surface area contributed by atoms with Gasteiger partial charge in [0, 0.05) is 24.6 Å². The number of carboxylic acids is 1. The highest BCUT2D eigenvalue weighted by molar-refractivity contribution is 7.99. The second kappa shape index (κ2) is 9.03. The zero-order valence-electron chi connectivity index (χ0n) is 11.1. The molecule has 2 amide bonds. The van der Waals surface area contributed by atoms with Crippen LogP contribution in [-0.4, -0.2) is 35.2 Å². The summed E-state index contributed by atoms with van der Waals surface area (Å²) in [5.74, 6) is 0.755. The lowest BCUT2D eigenvalue weighted by atomic mass is 10.1. The Bertz CT molecular complexity index is 460. The molecule has 0 aliphatic carbocycles. The molecule has 5 nitrogen and oxygen atoms in total. The fraction of sp³-hybridized carbons (Fsp3) is 0.286. The first kappa shape index (κ1) is 16.1. The maximum Gasteiger partial charge on any atom is 0.335 e. The SMILES string of the molecule is C=CCSCCNC(=O)NCc1ccc(C(=O)O)cc1. The van der Waals surface area contributed by atoms with Gasteiger partial charge in [0.25, 0.3) is 0 Å². The number of carbonyl (C=O) groups excluding carboxylic acids is 1. The molecule has 1 aromatic carbocycles. The summed E-state index contributed by atoms with van der Waals surface area (Å²) in [6.07, 6.45) is 1.82. The van der Waals surface area contributed by atoms with Gasteiger partial charge < -0.3 is 15.7 Å². The third-order valence-corrected chi connectivity index (χ3v) is 3.39. The number of hydrogen-bond donors (Lipinski definition) is 3. The number of carbonyl (C=O) groups is 2. The van der Waals surface area contributed by atoms with Crippen molar-refractivity contribution in [3.63, 3.8) is 0 Å². The van der Waals surface area contributed by atoms with Gasteiger partial charge >= 0.3 is 12.0 Å². The van der Waals surface area contributed by atoms with Crippen LogP contribution in [0.4, 0.5) is 4.79 Å². The maximum atomic E-state index is 11.5. The number of benzene rings is 1. The van der Waals surface area contributed by atoms with E-state index in [1.807, 2.05) is 6.08 Å². The summed E-state index contributed by atoms with van der Waals surface area (Å²) in [6, 6.07) is 6.17. The van der Waals surface area contributed by atoms with Crippen LogP contribution in [-0.2, 0) is 6.54 Å². The summed E-state index contributed by atoms with van der Waals surface area (Å²) < 4.78 is 0. The van der Waals surface area contributed by atoms with Gasteiger partial charge in [-0.3, -0.25) is 0 Å². The number of aromatic carboxylic acids is 1. The van der Waals surface area contributed by atoms with E-state index < -0.39 is 5.97 Å². The molecule has 0 fully saturated rings. The average Bonchev–Trinajstić information content (AvgIpc) is 2.45. The van der Waals surface area contributed by atoms with Crippen LogP contribution in [0.25, 0.3) is 0 Å². The van der Waals surface area contributed by atoms with Crippen LogP contribution >= 0.6 is 11.8 Å². The third-order valence-electron chi connectivity index (χ3n) is 2.42. The quantitative estimate of drug-likeness (QED) is 0.507. The monoisotopic (exact) mass is 294 g/mol. The summed E-state index contributed by atoms with van der Waals surface area (Å²) in [5, 5.41) is 14.2. The molecule has 0 aliphatic heterocycles. The molecule has 0 radical (unpaired) electrons. The molecule has 1 aromatic rings. The van der Waals surface area contributed by atoms with Gasteiger partial charge in [-0.25, -0.2) is 9.59 Å². The Morgan fingerprint density at radius 3 is 2.55 bits per heavy atom. The van der Waals surface area contributed by atoms with Crippen molar-refractivity contribution in [2.24, 2.45) is 0 Å². The highest BCUT2D eigenvalue weighted by atomic mass is 32.2. The van der Waals surface area contributed by atoms with Gasteiger partial charge in [0.15, 0.2) is 0 Å². The van der Waals surface area contributed by atoms with Gasteiger partial charge in [0.05, 0.1) is 5.56 Å². The van der Waals surface area contributed by atoms with Crippen molar-refractivity contribution >= 4 is 23.8 Å². The number of carboxylic acid groups (broad SMARTS) is 1. The van der Waals surface area contributed by atoms with E-state index in [4.69, 9.17) is 5.11 Å². The van der Waals surface area contributed by atoms with Crippen molar-refractivity contribution in [1.82, 2.24) is 10.6 Å². The molecule has 0 spiro atoms. The maximum absolute atomic E-state index is 11.5. The number of nitrogens with one attached hydrogen (secondary N) is 2. The van der Waals surface area contributed by atoms with Gasteiger partial charge in [0.2, 0.25) is 0 Å². The van der Waals surface area contributed by atoms with Gasteiger partial charge in [-0.1, -0.05) is 18.2 Å². The Morgan fingerprint density at radius 2 is 1.95 bits per heavy atom. The third kappa shape index (κ3) is 6.29. The highest BCUT2D eigenvalue weighted by Crippen LogP contribution is 2.04. The van der Waals surface area contributed by atoms with E-state index in [0.717, 1.165) is 17.1 Å². The Morgan fingerprint density at radius 1 is 1.25 bits per heavy atom. The van der Waals surface area contributed by atoms with Crippen molar-refractivity contribution in [3.05, 3.63) is 48.0 Å². The van der Waals surface area contributed by atoms with E-state index >= 15 is 0 Å². The Kier molecular flexibility index (Phi) is 7.27. The number of thioether (sulfide) groups is 1. The molecule has 0 saturated carbocycles. The summed E-state index contributed by atoms with van der Waals surface area (Å²) in [4.78, 5) is 22.2. The number of urea groups is 1. The Hall–Kier alpha value is -1.95. The van der Waals surface area contributed by atoms with Crippen LogP contribution < -0.4 is 10.6 Å². The van der Waals surface area contributed by atoms with Gasteiger partial charge in [-0.05, 0) is 17.7 Å². The molecule has 0 aliphatic rings. The van der Waals surface area contributed by atoms with Crippen molar-refractivity contribution in [2.75, 3.05) is 18.1 Å². The molecular weight excluding hydrogens is 276 g/mol. The van der Waals surface area contributed by atoms with Gasteiger partial charge in [-0.2, -0.15) is 11.8 Å². The molecule has 3 N–H and O–H groups in total. The Labute approximate surface area is 122 Å². The highest BCUT2D eigenvalue weighted by Gasteiger charge is 2.03. The lowest BCUT2D eigenvalue weighted by Crippen LogP contribution is -2.36. The van der Waals surface area contributed by atoms with E-state index in [9.17, 15) is 9.59 Å². The molecule has 1 rings (SSSR count). The lowest BCUT2D eigenvalue weighted by molar-refractivity contribution is 0.0697. The van der Waals surface area contributed by atoms with Crippen LogP contribution in [0.15, 0.2) is 36.9 Å². The number of amides is 2. The van der Waals surface area contributed by atoms with Crippen LogP contribution in [0.1, 0.15) is 15.9 Å². The molecule has 6 heteroatoms. The molecular formula is C14H18N2O3S. The number of hydrogen-bond acceptors (Lipinski definition) is 3. The fourth-order valence-electron chi connectivity index (χ4n) is 1.41. The van der Waals surface area contributed by atoms with Crippen LogP contribution in [0.2, 0.25) is 0 Å². The largest absolute Gasteiger partial charge is 0.478 e. The fourth-order valence-corrected chi connectivity index (χ4v) is 1.99. The smallest absolute Gasteiger partial charge is 0.335 e. The van der Waals surface area contributed by atoms with E-state index in [0.29, 0.717) is 13.1 Å². The summed E-state index contributed by atoms with van der Waals surface area (Å²) in [6.45, 7) is 4.58. The van der Waals surface area contributed by atoms with Crippen LogP contribution in [0, 0.1) is 0 Å². The van der Waals surface area contributed by atoms with Crippen molar-refractivity contribution in [2.45, 2.75) is 6.54 Å². The first-order valence-electron chi connectivity index (χ1n) is 6.16. The van der Waals surface area contributed by atoms with E-state index in [1.54, 1.807) is 23.9 Å². The van der Waals surface area contributed by atoms with Crippen LogP contribution in [0.3, 0.4) is 0 Å². The van der Waals surface area contributed by atoms with Crippen molar-refractivity contribution < 1.29 is 14.7 Å². The van der Waals surface area contributed by atoms with Crippen LogP contribution in [0.5, 0.6) is 0 Å². The minimum absolute atomic E-state index is 0.230. The van der Waals surface area contributed by atoms with Gasteiger partial charge in [-0.15, -0.1) is 6.58 Å². The molecule has 0 bridgehead atoms. The molecule has 0 unspecified atom stereocenters. The second-order valence-electron chi connectivity index (χ2n) is 3.98. The molecule has 0 atom stereocenters. The standard InChI is InChI=1S/C14H18N2O3S/c1-2-8-20-9-7-15-14(19)16-10-11-3-5-12(6-4-11)13(17)18/h2-6H,1,7-10H2,(H,17,18)(H2,15,16,19). The second-order valence-corrected chi connectivity index (χ2v) is 5.12. The molecule has 0 saturated heterocycles. The lowest BCUT2D eigenvalue weighted by Gasteiger charge is -2.07. The number of rotatable bonds is 8. The summed E-state index contributed by atoms with van der Waals surface area (Å²) in [5.41, 5.74) is 1.09. The molecule has 108 valence electrons. The zero-order chi connectivity index (χ0) is 14.8. The predicted octanol–water partition coefficient (Wildman–Crippen LogP) is 2.10. The molecule has 20 heavy (non-hydrogen) atoms. The van der Waals surface area contributed by atoms with E-state index in [-0.39, 0.29) is 11.6 Å². The summed E-state index contributed by atoms with van der Waals surface area (Å²) >= 11 is 1.70. The van der Waals surface area contributed by atoms with Crippen molar-refractivity contribution in [1.29, 1.82) is 0 Å². The molecule has 0 heterocycles. The predicted molar refractivity (Wildman–Crippen MR) is 81.2 cm³/mol. The minimum atomic E-state index is -0.959. The average molecular weight is 294 g/mol. The first-order chi connectivity index (χ1) is 9.63. The zero-order valence-corrected chi connectivity index (χ0v) is 11.9. The summed E-state index contributed by atoms with van der Waals surface area (Å²) in [7, 11) is 0. The van der Waals surface area contributed by atoms with Gasteiger partial charge in [0.1, 0.15) is 0 Å². The Balaban J connectivity index is 2.23. The van der Waals surface area contributed by atoms with E-state index in [1.165, 1.54) is 12.1 Å². The normalized spacial score (nSPS) is 9.80. The van der Waals surface area contributed by atoms with Crippen molar-refractivity contribution in [3.8, 4) is 0 Å². The first-order valence-corrected chi connectivity index (χ1v) is 7.31. The molecule has 0 aromatic heterocycles. The topological polar surface area (TPSA) is 78.4 Å². The minimum Gasteiger partial charge on any atom is -0.478 e. The van der Waals surface area contributed by atoms with E-state index in [2.05, 4.69) is 17.2 Å².